The minimum Gasteiger partial charge on any atom is -0.383 e. The molecule has 9 nitrogen and oxygen atoms in total. The zero-order chi connectivity index (χ0) is 24.9. The summed E-state index contributed by atoms with van der Waals surface area (Å²) in [4.78, 5) is 27.8. The molecule has 12 heteroatoms. The number of fused-ring (bicyclic) bond motifs is 3. The maximum atomic E-state index is 13.7. The molecule has 1 atom stereocenters. The molecule has 0 aliphatic carbocycles. The maximum absolute atomic E-state index is 13.7. The summed E-state index contributed by atoms with van der Waals surface area (Å²) in [7, 11) is 1.70. The van der Waals surface area contributed by atoms with Crippen molar-refractivity contribution in [3.63, 3.8) is 0 Å². The number of anilines is 2. The summed E-state index contributed by atoms with van der Waals surface area (Å²) in [6.07, 6.45) is 0.843. The molecule has 180 valence electrons. The molecular weight excluding hydrogens is 463 g/mol. The molecule has 0 saturated heterocycles. The maximum Gasteiger partial charge on any atom is 0.417 e. The Hall–Kier alpha value is -4.06. The van der Waals surface area contributed by atoms with Crippen LogP contribution < -0.4 is 10.6 Å². The van der Waals surface area contributed by atoms with Crippen LogP contribution in [0.3, 0.4) is 0 Å². The molecule has 1 aliphatic heterocycles. The van der Waals surface area contributed by atoms with E-state index in [0.717, 1.165) is 23.4 Å². The summed E-state index contributed by atoms with van der Waals surface area (Å²) in [6, 6.07) is 3.12. The number of halogens is 3. The third-order valence-corrected chi connectivity index (χ3v) is 5.95. The molecule has 0 spiro atoms. The minimum atomic E-state index is -4.51. The molecule has 0 aromatic carbocycles. The minimum absolute atomic E-state index is 0.126. The number of carbonyl (C=O) groups is 1. The lowest BCUT2D eigenvalue weighted by atomic mass is 10.0. The average molecular weight is 483 g/mol. The molecule has 2 N–H and O–H groups in total. The standard InChI is InChI=1S/C23H20F3N7O2/c1-12(18-4-3-13(6-28-18)23(24,25)26)33(14-7-30-32(2)9-14)22(34)19-5-15-16-10-35-11-17(16)21(27)31-20(15)8-29-19/h3-9,12H,10-11H2,1-2H3,(H2,27,31)/t12-/m0/s1. The van der Waals surface area contributed by atoms with Crippen LogP contribution in [0.1, 0.15) is 45.8 Å². The Morgan fingerprint density at radius 3 is 2.60 bits per heavy atom. The Bertz CT molecular complexity index is 1430. The van der Waals surface area contributed by atoms with Gasteiger partial charge in [0.2, 0.25) is 0 Å². The summed E-state index contributed by atoms with van der Waals surface area (Å²) in [5, 5.41) is 4.84. The van der Waals surface area contributed by atoms with Gasteiger partial charge in [0.25, 0.3) is 5.91 Å². The summed E-state index contributed by atoms with van der Waals surface area (Å²) in [5.74, 6) is -0.108. The zero-order valence-electron chi connectivity index (χ0n) is 18.7. The summed E-state index contributed by atoms with van der Waals surface area (Å²) < 4.78 is 46.0. The summed E-state index contributed by atoms with van der Waals surface area (Å²) >= 11 is 0. The normalized spacial score (nSPS) is 14.2. The van der Waals surface area contributed by atoms with Crippen molar-refractivity contribution in [2.45, 2.75) is 32.4 Å². The van der Waals surface area contributed by atoms with Crippen LogP contribution in [0.15, 0.2) is 43.0 Å². The van der Waals surface area contributed by atoms with Crippen LogP contribution in [0.2, 0.25) is 0 Å². The lowest BCUT2D eigenvalue weighted by Crippen LogP contribution is -2.34. The number of carbonyl (C=O) groups excluding carboxylic acids is 1. The van der Waals surface area contributed by atoms with E-state index in [1.165, 1.54) is 28.0 Å². The Balaban J connectivity index is 1.56. The van der Waals surface area contributed by atoms with E-state index >= 15 is 0 Å². The molecule has 0 fully saturated rings. The molecule has 5 heterocycles. The molecule has 4 aromatic heterocycles. The highest BCUT2D eigenvalue weighted by Gasteiger charge is 2.32. The number of amides is 1. The number of nitrogens with two attached hydrogens (primary N) is 1. The SMILES string of the molecule is C[C@@H](c1ccc(C(F)(F)F)cn1)N(C(=O)c1cc2c3c(c(N)nc2cn1)COC3)c1cnn(C)c1. The second-order valence-electron chi connectivity index (χ2n) is 8.23. The number of rotatable bonds is 4. The van der Waals surface area contributed by atoms with Crippen LogP contribution >= 0.6 is 0 Å². The van der Waals surface area contributed by atoms with Crippen molar-refractivity contribution < 1.29 is 22.7 Å². The molecule has 35 heavy (non-hydrogen) atoms. The number of aryl methyl sites for hydroxylation is 1. The first-order valence-electron chi connectivity index (χ1n) is 10.6. The number of pyridine rings is 3. The fourth-order valence-electron chi connectivity index (χ4n) is 4.12. The number of nitrogens with zero attached hydrogens (tertiary/aromatic N) is 6. The predicted molar refractivity (Wildman–Crippen MR) is 120 cm³/mol. The molecular formula is C23H20F3N7O2. The number of hydrogen-bond acceptors (Lipinski definition) is 7. The zero-order valence-corrected chi connectivity index (χ0v) is 18.7. The number of hydrogen-bond donors (Lipinski definition) is 1. The van der Waals surface area contributed by atoms with Crippen LogP contribution in [0.25, 0.3) is 10.9 Å². The van der Waals surface area contributed by atoms with Crippen molar-refractivity contribution in [1.82, 2.24) is 24.7 Å². The fourth-order valence-corrected chi connectivity index (χ4v) is 4.12. The Labute approximate surface area is 197 Å². The van der Waals surface area contributed by atoms with Crippen LogP contribution in [0.4, 0.5) is 24.7 Å². The Morgan fingerprint density at radius 2 is 1.94 bits per heavy atom. The van der Waals surface area contributed by atoms with Gasteiger partial charge in [-0.2, -0.15) is 18.3 Å². The molecule has 1 amide bonds. The van der Waals surface area contributed by atoms with E-state index in [1.807, 2.05) is 0 Å². The van der Waals surface area contributed by atoms with Crippen LogP contribution in [-0.2, 0) is 31.2 Å². The lowest BCUT2D eigenvalue weighted by Gasteiger charge is -2.27. The first-order valence-corrected chi connectivity index (χ1v) is 10.6. The Morgan fingerprint density at radius 1 is 1.17 bits per heavy atom. The van der Waals surface area contributed by atoms with Crippen molar-refractivity contribution >= 4 is 28.3 Å². The van der Waals surface area contributed by atoms with E-state index in [9.17, 15) is 18.0 Å². The van der Waals surface area contributed by atoms with Gasteiger partial charge < -0.3 is 10.5 Å². The van der Waals surface area contributed by atoms with Crippen molar-refractivity contribution in [3.05, 3.63) is 71.1 Å². The van der Waals surface area contributed by atoms with Gasteiger partial charge in [-0.25, -0.2) is 9.97 Å². The lowest BCUT2D eigenvalue weighted by molar-refractivity contribution is -0.137. The van der Waals surface area contributed by atoms with Crippen molar-refractivity contribution in [3.8, 4) is 0 Å². The highest BCUT2D eigenvalue weighted by molar-refractivity contribution is 6.07. The molecule has 0 saturated carbocycles. The second kappa shape index (κ2) is 8.31. The monoisotopic (exact) mass is 483 g/mol. The number of ether oxygens (including phenoxy) is 1. The van der Waals surface area contributed by atoms with Gasteiger partial charge in [-0.3, -0.25) is 19.4 Å². The van der Waals surface area contributed by atoms with Crippen molar-refractivity contribution in [2.24, 2.45) is 7.05 Å². The van der Waals surface area contributed by atoms with Gasteiger partial charge in [-0.05, 0) is 30.7 Å². The number of nitrogen functional groups attached to an aromatic ring is 1. The quantitative estimate of drug-likeness (QED) is 0.470. The molecule has 1 aliphatic rings. The van der Waals surface area contributed by atoms with E-state index in [0.29, 0.717) is 35.6 Å². The van der Waals surface area contributed by atoms with Gasteiger partial charge in [-0.15, -0.1) is 0 Å². The van der Waals surface area contributed by atoms with Crippen LogP contribution in [0, 0.1) is 0 Å². The van der Waals surface area contributed by atoms with Gasteiger partial charge in [0.1, 0.15) is 11.5 Å². The molecule has 5 rings (SSSR count). The number of aromatic nitrogens is 5. The van der Waals surface area contributed by atoms with Gasteiger partial charge in [-0.1, -0.05) is 0 Å². The van der Waals surface area contributed by atoms with E-state index in [4.69, 9.17) is 10.5 Å². The number of alkyl halides is 3. The molecule has 0 bridgehead atoms. The highest BCUT2D eigenvalue weighted by atomic mass is 19.4. The smallest absolute Gasteiger partial charge is 0.383 e. The van der Waals surface area contributed by atoms with Gasteiger partial charge in [0, 0.05) is 30.4 Å². The summed E-state index contributed by atoms with van der Waals surface area (Å²) in [5.41, 5.74) is 8.18. The van der Waals surface area contributed by atoms with Gasteiger partial charge in [0.15, 0.2) is 0 Å². The molecule has 4 aromatic rings. The second-order valence-corrected chi connectivity index (χ2v) is 8.23. The topological polar surface area (TPSA) is 112 Å². The van der Waals surface area contributed by atoms with E-state index < -0.39 is 23.7 Å². The largest absolute Gasteiger partial charge is 0.417 e. The third-order valence-electron chi connectivity index (χ3n) is 5.95. The van der Waals surface area contributed by atoms with E-state index in [1.54, 1.807) is 26.2 Å². The third kappa shape index (κ3) is 4.05. The van der Waals surface area contributed by atoms with Gasteiger partial charge in [0.05, 0.1) is 54.1 Å². The first-order chi connectivity index (χ1) is 16.6. The van der Waals surface area contributed by atoms with Crippen LogP contribution in [-0.4, -0.2) is 30.6 Å². The van der Waals surface area contributed by atoms with E-state index in [-0.39, 0.29) is 11.4 Å². The predicted octanol–water partition coefficient (Wildman–Crippen LogP) is 3.80. The molecule has 0 radical (unpaired) electrons. The highest BCUT2D eigenvalue weighted by Crippen LogP contribution is 2.34. The Kier molecular flexibility index (Phi) is 5.39. The fraction of sp³-hybridized carbons (Fsp3) is 0.261. The van der Waals surface area contributed by atoms with Crippen molar-refractivity contribution in [2.75, 3.05) is 10.6 Å². The van der Waals surface area contributed by atoms with Crippen LogP contribution in [0.5, 0.6) is 0 Å². The van der Waals surface area contributed by atoms with Crippen molar-refractivity contribution in [1.29, 1.82) is 0 Å². The average Bonchev–Trinajstić information content (AvgIpc) is 3.48. The van der Waals surface area contributed by atoms with Gasteiger partial charge >= 0.3 is 6.18 Å². The van der Waals surface area contributed by atoms with E-state index in [2.05, 4.69) is 20.1 Å². The molecule has 0 unspecified atom stereocenters. The first kappa shape index (κ1) is 22.7. The summed E-state index contributed by atoms with van der Waals surface area (Å²) in [6.45, 7) is 2.36.